The van der Waals surface area contributed by atoms with Crippen molar-refractivity contribution in [2.45, 2.75) is 88.4 Å². The topological polar surface area (TPSA) is 129 Å². The number of hydrogen-bond acceptors (Lipinski definition) is 8. The molecular weight excluding hydrogens is 484 g/mol. The molecule has 0 bridgehead atoms. The molecule has 2 amide bonds. The van der Waals surface area contributed by atoms with Crippen molar-refractivity contribution in [3.63, 3.8) is 0 Å². The maximum atomic E-state index is 13.7. The van der Waals surface area contributed by atoms with Crippen LogP contribution in [0.1, 0.15) is 46.5 Å². The summed E-state index contributed by atoms with van der Waals surface area (Å²) in [6.45, 7) is 6.27. The number of carbonyl (C=O) groups excluding carboxylic acids is 2. The van der Waals surface area contributed by atoms with Crippen molar-refractivity contribution in [2.75, 3.05) is 12.8 Å². The van der Waals surface area contributed by atoms with E-state index in [9.17, 15) is 24.9 Å². The van der Waals surface area contributed by atoms with E-state index in [1.165, 1.54) is 16.7 Å². The fraction of sp³-hybridized carbons (Fsp3) is 0.692. The molecule has 2 aliphatic rings. The van der Waals surface area contributed by atoms with Gasteiger partial charge < -0.3 is 30.1 Å². The van der Waals surface area contributed by atoms with Crippen LogP contribution in [-0.2, 0) is 9.53 Å². The number of ether oxygens (including phenoxy) is 2. The van der Waals surface area contributed by atoms with Gasteiger partial charge in [-0.2, -0.15) is 0 Å². The molecule has 2 fully saturated rings. The van der Waals surface area contributed by atoms with Gasteiger partial charge in [-0.3, -0.25) is 9.69 Å². The molecule has 0 spiro atoms. The second kappa shape index (κ2) is 13.1. The predicted octanol–water partition coefficient (Wildman–Crippen LogP) is 2.38. The molecule has 4 N–H and O–H groups in total. The Bertz CT molecular complexity index is 856. The Hall–Kier alpha value is -1.85. The lowest BCUT2D eigenvalue weighted by atomic mass is 9.86. The van der Waals surface area contributed by atoms with Crippen LogP contribution in [0, 0.1) is 11.8 Å². The van der Waals surface area contributed by atoms with Crippen LogP contribution in [0.3, 0.4) is 0 Å². The fourth-order valence-corrected chi connectivity index (χ4v) is 5.76. The number of carbonyl (C=O) groups is 2. The van der Waals surface area contributed by atoms with Gasteiger partial charge in [0.05, 0.1) is 6.04 Å². The van der Waals surface area contributed by atoms with Gasteiger partial charge in [0, 0.05) is 6.54 Å². The first kappa shape index (κ1) is 28.7. The van der Waals surface area contributed by atoms with Crippen molar-refractivity contribution in [3.8, 4) is 5.75 Å². The van der Waals surface area contributed by atoms with E-state index >= 15 is 0 Å². The van der Waals surface area contributed by atoms with Crippen molar-refractivity contribution in [3.05, 3.63) is 30.3 Å². The molecule has 0 aromatic heterocycles. The van der Waals surface area contributed by atoms with Gasteiger partial charge >= 0.3 is 6.09 Å². The quantitative estimate of drug-likeness (QED) is 0.408. The second-order valence-electron chi connectivity index (χ2n) is 10.0. The standard InChI is InChI=1S/C26H40N2O7S/c1-5-9-16-12-13-28(26(33)34-17-10-7-6-8-11-17)18(14-16)24(32)27-19(15(2)3)23-21(30)20(29)22(31)25(35-23)36-4/h6-8,10-11,15-16,18-23,25,29-31H,5,9,12-14H2,1-4H3,(H,27,32). The minimum absolute atomic E-state index is 0.154. The van der Waals surface area contributed by atoms with Crippen molar-refractivity contribution in [2.24, 2.45) is 11.8 Å². The maximum Gasteiger partial charge on any atom is 0.415 e. The summed E-state index contributed by atoms with van der Waals surface area (Å²) in [5, 5.41) is 34.3. The maximum absolute atomic E-state index is 13.7. The number of aliphatic hydroxyl groups excluding tert-OH is 3. The lowest BCUT2D eigenvalue weighted by molar-refractivity contribution is -0.208. The van der Waals surface area contributed by atoms with Crippen LogP contribution in [0.25, 0.3) is 0 Å². The average molecular weight is 525 g/mol. The molecule has 0 radical (unpaired) electrons. The summed E-state index contributed by atoms with van der Waals surface area (Å²) < 4.78 is 11.5. The van der Waals surface area contributed by atoms with Crippen LogP contribution in [-0.4, -0.2) is 87.0 Å². The van der Waals surface area contributed by atoms with E-state index in [1.54, 1.807) is 30.5 Å². The smallest absolute Gasteiger partial charge is 0.410 e. The zero-order valence-electron chi connectivity index (χ0n) is 21.4. The number of likely N-dealkylation sites (tertiary alicyclic amines) is 1. The lowest BCUT2D eigenvalue weighted by Crippen LogP contribution is -2.65. The Morgan fingerprint density at radius 1 is 1.17 bits per heavy atom. The molecular formula is C26H40N2O7S. The first-order chi connectivity index (χ1) is 17.2. The first-order valence-electron chi connectivity index (χ1n) is 12.7. The SMILES string of the molecule is CCCC1CCN(C(=O)Oc2ccccc2)C(C(=O)NC(C(C)C)C2OC(SC)C(O)C(O)C2O)C1. The number of amides is 2. The second-order valence-corrected chi connectivity index (χ2v) is 11.0. The summed E-state index contributed by atoms with van der Waals surface area (Å²) >= 11 is 1.22. The fourth-order valence-electron chi connectivity index (χ4n) is 5.08. The Morgan fingerprint density at radius 2 is 1.86 bits per heavy atom. The number of thioether (sulfide) groups is 1. The third-order valence-electron chi connectivity index (χ3n) is 7.11. The minimum atomic E-state index is -1.40. The first-order valence-corrected chi connectivity index (χ1v) is 14.0. The van der Waals surface area contributed by atoms with Gasteiger partial charge in [0.15, 0.2) is 0 Å². The van der Waals surface area contributed by atoms with E-state index in [2.05, 4.69) is 12.2 Å². The Kier molecular flexibility index (Phi) is 10.4. The number of benzene rings is 1. The monoisotopic (exact) mass is 524 g/mol. The number of hydrogen-bond donors (Lipinski definition) is 4. The highest BCUT2D eigenvalue weighted by atomic mass is 32.2. The number of aliphatic hydroxyl groups is 3. The van der Waals surface area contributed by atoms with Gasteiger partial charge in [-0.05, 0) is 43.1 Å². The highest BCUT2D eigenvalue weighted by molar-refractivity contribution is 7.99. The number of nitrogens with zero attached hydrogens (tertiary/aromatic N) is 1. The van der Waals surface area contributed by atoms with E-state index in [1.807, 2.05) is 19.9 Å². The summed E-state index contributed by atoms with van der Waals surface area (Å²) in [6, 6.07) is 7.37. The van der Waals surface area contributed by atoms with E-state index in [0.29, 0.717) is 24.6 Å². The van der Waals surface area contributed by atoms with Crippen molar-refractivity contribution < 1.29 is 34.4 Å². The zero-order chi connectivity index (χ0) is 26.4. The summed E-state index contributed by atoms with van der Waals surface area (Å²) in [7, 11) is 0. The van der Waals surface area contributed by atoms with Crippen LogP contribution < -0.4 is 10.1 Å². The predicted molar refractivity (Wildman–Crippen MR) is 138 cm³/mol. The molecule has 36 heavy (non-hydrogen) atoms. The van der Waals surface area contributed by atoms with Crippen LogP contribution in [0.2, 0.25) is 0 Å². The third-order valence-corrected chi connectivity index (χ3v) is 7.97. The molecule has 0 aliphatic carbocycles. The largest absolute Gasteiger partial charge is 0.415 e. The van der Waals surface area contributed by atoms with Gasteiger partial charge in [-0.25, -0.2) is 4.79 Å². The molecule has 1 aromatic rings. The van der Waals surface area contributed by atoms with Crippen molar-refractivity contribution in [1.29, 1.82) is 0 Å². The Labute approximate surface area is 217 Å². The van der Waals surface area contributed by atoms with Gasteiger partial charge in [-0.1, -0.05) is 51.8 Å². The highest BCUT2D eigenvalue weighted by Gasteiger charge is 2.48. The van der Waals surface area contributed by atoms with Crippen LogP contribution in [0.4, 0.5) is 4.79 Å². The van der Waals surface area contributed by atoms with Gasteiger partial charge in [0.1, 0.15) is 41.6 Å². The van der Waals surface area contributed by atoms with E-state index in [4.69, 9.17) is 9.47 Å². The summed E-state index contributed by atoms with van der Waals surface area (Å²) in [6.07, 6.45) is -0.540. The third kappa shape index (κ3) is 6.72. The molecule has 8 unspecified atom stereocenters. The number of para-hydroxylation sites is 1. The lowest BCUT2D eigenvalue weighted by Gasteiger charge is -2.45. The molecule has 1 aromatic carbocycles. The molecule has 2 aliphatic heterocycles. The highest BCUT2D eigenvalue weighted by Crippen LogP contribution is 2.32. The normalized spacial score (nSPS) is 31.7. The summed E-state index contributed by atoms with van der Waals surface area (Å²) in [5.41, 5.74) is -0.743. The number of piperidine rings is 1. The molecule has 0 saturated carbocycles. The van der Waals surface area contributed by atoms with Crippen molar-refractivity contribution in [1.82, 2.24) is 10.2 Å². The van der Waals surface area contributed by atoms with Crippen LogP contribution in [0.5, 0.6) is 5.75 Å². The van der Waals surface area contributed by atoms with Crippen molar-refractivity contribution >= 4 is 23.8 Å². The van der Waals surface area contributed by atoms with Gasteiger partial charge in [-0.15, -0.1) is 11.8 Å². The Morgan fingerprint density at radius 3 is 2.47 bits per heavy atom. The molecule has 2 saturated heterocycles. The zero-order valence-corrected chi connectivity index (χ0v) is 22.3. The van der Waals surface area contributed by atoms with E-state index < -0.39 is 48.0 Å². The summed E-state index contributed by atoms with van der Waals surface area (Å²) in [4.78, 5) is 28.2. The molecule has 202 valence electrons. The van der Waals surface area contributed by atoms with E-state index in [0.717, 1.165) is 19.3 Å². The average Bonchev–Trinajstić information content (AvgIpc) is 2.87. The molecule has 9 nitrogen and oxygen atoms in total. The van der Waals surface area contributed by atoms with E-state index in [-0.39, 0.29) is 11.8 Å². The number of nitrogens with one attached hydrogen (secondary N) is 1. The molecule has 10 heteroatoms. The molecule has 8 atom stereocenters. The van der Waals surface area contributed by atoms with Gasteiger partial charge in [0.2, 0.25) is 5.91 Å². The number of rotatable bonds is 8. The molecule has 3 rings (SSSR count). The van der Waals surface area contributed by atoms with Crippen LogP contribution >= 0.6 is 11.8 Å². The summed E-state index contributed by atoms with van der Waals surface area (Å²) in [5.74, 6) is 0.208. The minimum Gasteiger partial charge on any atom is -0.410 e. The Balaban J connectivity index is 1.79. The van der Waals surface area contributed by atoms with Crippen LogP contribution in [0.15, 0.2) is 30.3 Å². The molecule has 2 heterocycles. The van der Waals surface area contributed by atoms with Gasteiger partial charge in [0.25, 0.3) is 0 Å².